The van der Waals surface area contributed by atoms with Crippen molar-refractivity contribution < 1.29 is 9.90 Å². The Morgan fingerprint density at radius 3 is 2.68 bits per heavy atom. The summed E-state index contributed by atoms with van der Waals surface area (Å²) in [5.74, 6) is -0.429. The number of benzene rings is 3. The highest BCUT2D eigenvalue weighted by molar-refractivity contribution is 5.87. The minimum absolute atomic E-state index is 0.278. The second kappa shape index (κ2) is 8.15. The highest BCUT2D eigenvalue weighted by atomic mass is 16.4. The topological polar surface area (TPSA) is 49.3 Å². The van der Waals surface area contributed by atoms with E-state index in [9.17, 15) is 9.90 Å². The zero-order valence-corrected chi connectivity index (χ0v) is 16.3. The number of nitrogens with one attached hydrogen (secondary N) is 1. The van der Waals surface area contributed by atoms with Crippen LogP contribution in [0.15, 0.2) is 66.7 Å². The molecule has 1 aliphatic carbocycles. The van der Waals surface area contributed by atoms with Gasteiger partial charge in [-0.25, -0.2) is 4.79 Å². The van der Waals surface area contributed by atoms with Gasteiger partial charge in [0.1, 0.15) is 0 Å². The zero-order chi connectivity index (χ0) is 19.5. The van der Waals surface area contributed by atoms with E-state index >= 15 is 0 Å². The molecule has 1 saturated carbocycles. The number of carboxylic acid groups (broad SMARTS) is 1. The van der Waals surface area contributed by atoms with Gasteiger partial charge in [0.25, 0.3) is 0 Å². The summed E-state index contributed by atoms with van der Waals surface area (Å²) >= 11 is 0. The van der Waals surface area contributed by atoms with Gasteiger partial charge in [-0.2, -0.15) is 0 Å². The Labute approximate surface area is 166 Å². The number of fused-ring (bicyclic) bond motifs is 1. The second-order valence-electron chi connectivity index (χ2n) is 7.95. The van der Waals surface area contributed by atoms with Crippen LogP contribution in [0.25, 0.3) is 10.8 Å². The average Bonchev–Trinajstić information content (AvgIpc) is 2.73. The van der Waals surface area contributed by atoms with E-state index in [4.69, 9.17) is 0 Å². The maximum absolute atomic E-state index is 11.3. The lowest BCUT2D eigenvalue weighted by Crippen LogP contribution is -2.35. The van der Waals surface area contributed by atoms with Gasteiger partial charge >= 0.3 is 5.97 Å². The number of hydrogen-bond donors (Lipinski definition) is 2. The Morgan fingerprint density at radius 1 is 1.04 bits per heavy atom. The normalized spacial score (nSPS) is 20.8. The van der Waals surface area contributed by atoms with Gasteiger partial charge < -0.3 is 10.4 Å². The molecule has 3 nitrogen and oxygen atoms in total. The van der Waals surface area contributed by atoms with Crippen molar-refractivity contribution >= 4 is 16.7 Å². The van der Waals surface area contributed by atoms with Crippen molar-refractivity contribution in [2.75, 3.05) is 0 Å². The molecule has 0 aliphatic heterocycles. The van der Waals surface area contributed by atoms with Crippen LogP contribution in [0.3, 0.4) is 0 Å². The highest BCUT2D eigenvalue weighted by Gasteiger charge is 2.25. The molecule has 4 rings (SSSR count). The predicted molar refractivity (Wildman–Crippen MR) is 114 cm³/mol. The first-order valence-corrected chi connectivity index (χ1v) is 10.2. The molecule has 3 aromatic rings. The van der Waals surface area contributed by atoms with E-state index in [1.54, 1.807) is 6.07 Å². The summed E-state index contributed by atoms with van der Waals surface area (Å²) in [6.07, 6.45) is 4.52. The molecule has 3 heteroatoms. The Morgan fingerprint density at radius 2 is 1.82 bits per heavy atom. The minimum atomic E-state index is -0.850. The van der Waals surface area contributed by atoms with Crippen molar-refractivity contribution in [1.82, 2.24) is 5.32 Å². The van der Waals surface area contributed by atoms with Crippen LogP contribution in [0.4, 0.5) is 0 Å². The van der Waals surface area contributed by atoms with E-state index in [-0.39, 0.29) is 6.04 Å². The highest BCUT2D eigenvalue weighted by Crippen LogP contribution is 2.35. The van der Waals surface area contributed by atoms with E-state index in [0.717, 1.165) is 18.4 Å². The molecule has 0 spiro atoms. The molecular formula is C25H27NO2. The van der Waals surface area contributed by atoms with Crippen LogP contribution in [0.2, 0.25) is 0 Å². The lowest BCUT2D eigenvalue weighted by molar-refractivity contribution is 0.0696. The largest absolute Gasteiger partial charge is 0.478 e. The molecule has 2 N–H and O–H groups in total. The maximum Gasteiger partial charge on any atom is 0.335 e. The molecule has 144 valence electrons. The van der Waals surface area contributed by atoms with Gasteiger partial charge in [0.2, 0.25) is 0 Å². The molecule has 0 unspecified atom stereocenters. The van der Waals surface area contributed by atoms with Gasteiger partial charge in [0, 0.05) is 12.1 Å². The van der Waals surface area contributed by atoms with Gasteiger partial charge in [-0.1, -0.05) is 61.0 Å². The molecular weight excluding hydrogens is 346 g/mol. The molecule has 0 radical (unpaired) electrons. The molecule has 0 aromatic heterocycles. The summed E-state index contributed by atoms with van der Waals surface area (Å²) < 4.78 is 0. The lowest BCUT2D eigenvalue weighted by atomic mass is 9.80. The smallest absolute Gasteiger partial charge is 0.335 e. The number of hydrogen-bond acceptors (Lipinski definition) is 2. The number of carbonyl (C=O) groups is 1. The summed E-state index contributed by atoms with van der Waals surface area (Å²) in [5, 5.41) is 15.7. The van der Waals surface area contributed by atoms with Crippen molar-refractivity contribution in [3.63, 3.8) is 0 Å². The summed E-state index contributed by atoms with van der Waals surface area (Å²) in [6, 6.07) is 23.3. The molecule has 28 heavy (non-hydrogen) atoms. The third-order valence-electron chi connectivity index (χ3n) is 6.05. The monoisotopic (exact) mass is 373 g/mol. The molecule has 1 fully saturated rings. The minimum Gasteiger partial charge on any atom is -0.478 e. The van der Waals surface area contributed by atoms with Crippen LogP contribution in [-0.4, -0.2) is 17.1 Å². The van der Waals surface area contributed by atoms with Crippen molar-refractivity contribution in [1.29, 1.82) is 0 Å². The fourth-order valence-corrected chi connectivity index (χ4v) is 4.64. The molecule has 0 heterocycles. The fourth-order valence-electron chi connectivity index (χ4n) is 4.64. The van der Waals surface area contributed by atoms with Gasteiger partial charge in [-0.15, -0.1) is 0 Å². The first-order valence-electron chi connectivity index (χ1n) is 10.2. The Bertz CT molecular complexity index is 976. The standard InChI is InChI=1S/C25H27NO2/c1-17(23-14-6-8-18-7-2-3-13-24(18)23)26-22-12-5-10-20(16-22)19-9-4-11-21(15-19)25(27)28/h2-4,6-9,11,13-15,17,20,22,26H,5,10,12,16H2,1H3,(H,27,28)/t17-,20+,22-/m1/s1. The summed E-state index contributed by atoms with van der Waals surface area (Å²) in [5.41, 5.74) is 2.88. The molecule has 1 aliphatic rings. The van der Waals surface area contributed by atoms with E-state index in [1.807, 2.05) is 12.1 Å². The van der Waals surface area contributed by atoms with E-state index in [0.29, 0.717) is 17.5 Å². The van der Waals surface area contributed by atoms with Crippen LogP contribution >= 0.6 is 0 Å². The van der Waals surface area contributed by atoms with Gasteiger partial charge in [0.05, 0.1) is 5.56 Å². The lowest BCUT2D eigenvalue weighted by Gasteiger charge is -2.32. The summed E-state index contributed by atoms with van der Waals surface area (Å²) in [4.78, 5) is 11.3. The van der Waals surface area contributed by atoms with Crippen LogP contribution in [0.1, 0.15) is 66.1 Å². The molecule has 0 bridgehead atoms. The van der Waals surface area contributed by atoms with Crippen molar-refractivity contribution in [3.05, 3.63) is 83.4 Å². The first kappa shape index (κ1) is 18.7. The number of rotatable bonds is 5. The maximum atomic E-state index is 11.3. The first-order chi connectivity index (χ1) is 13.6. The number of aromatic carboxylic acids is 1. The van der Waals surface area contributed by atoms with Crippen molar-refractivity contribution in [2.24, 2.45) is 0 Å². The Hall–Kier alpha value is -2.65. The van der Waals surface area contributed by atoms with E-state index in [2.05, 4.69) is 60.8 Å². The third kappa shape index (κ3) is 3.95. The summed E-state index contributed by atoms with van der Waals surface area (Å²) in [7, 11) is 0. The fraction of sp³-hybridized carbons (Fsp3) is 0.320. The molecule has 3 atom stereocenters. The van der Waals surface area contributed by atoms with Gasteiger partial charge in [-0.05, 0) is 66.1 Å². The second-order valence-corrected chi connectivity index (χ2v) is 7.95. The number of carboxylic acids is 1. The molecule has 0 amide bonds. The zero-order valence-electron chi connectivity index (χ0n) is 16.3. The third-order valence-corrected chi connectivity index (χ3v) is 6.05. The quantitative estimate of drug-likeness (QED) is 0.584. The Kier molecular flexibility index (Phi) is 5.45. The van der Waals surface area contributed by atoms with Crippen molar-refractivity contribution in [2.45, 2.75) is 50.6 Å². The van der Waals surface area contributed by atoms with Crippen LogP contribution in [-0.2, 0) is 0 Å². The Balaban J connectivity index is 1.49. The van der Waals surface area contributed by atoms with Crippen molar-refractivity contribution in [3.8, 4) is 0 Å². The van der Waals surface area contributed by atoms with Crippen LogP contribution < -0.4 is 5.32 Å². The van der Waals surface area contributed by atoms with E-state index in [1.165, 1.54) is 29.2 Å². The molecule has 3 aromatic carbocycles. The molecule has 0 saturated heterocycles. The van der Waals surface area contributed by atoms with E-state index < -0.39 is 5.97 Å². The van der Waals surface area contributed by atoms with Gasteiger partial charge in [0.15, 0.2) is 0 Å². The SMILES string of the molecule is C[C@@H](N[C@@H]1CCC[C@H](c2cccc(C(=O)O)c2)C1)c1cccc2ccccc12. The average molecular weight is 373 g/mol. The predicted octanol–water partition coefficient (Wildman–Crippen LogP) is 5.92. The van der Waals surface area contributed by atoms with Gasteiger partial charge in [-0.3, -0.25) is 0 Å². The summed E-state index contributed by atoms with van der Waals surface area (Å²) in [6.45, 7) is 2.25. The van der Waals surface area contributed by atoms with Crippen LogP contribution in [0.5, 0.6) is 0 Å². The van der Waals surface area contributed by atoms with Crippen LogP contribution in [0, 0.1) is 0 Å².